The summed E-state index contributed by atoms with van der Waals surface area (Å²) in [6, 6.07) is 0. The molecule has 4 nitrogen and oxygen atoms in total. The number of aromatic nitrogens is 1. The Bertz CT molecular complexity index is 440. The van der Waals surface area contributed by atoms with Crippen molar-refractivity contribution >= 4 is 17.3 Å². The zero-order chi connectivity index (χ0) is 15.2. The Hall–Kier alpha value is -1.31. The fraction of sp³-hybridized carbons (Fsp3) is 0.667. The Morgan fingerprint density at radius 3 is 2.60 bits per heavy atom. The zero-order valence-corrected chi connectivity index (χ0v) is 12.5. The molecule has 0 aliphatic heterocycles. The number of rotatable bonds is 5. The Morgan fingerprint density at radius 2 is 2.10 bits per heavy atom. The quantitative estimate of drug-likeness (QED) is 0.649. The van der Waals surface area contributed by atoms with E-state index in [1.807, 2.05) is 0 Å². The van der Waals surface area contributed by atoms with Gasteiger partial charge in [0.25, 0.3) is 0 Å². The van der Waals surface area contributed by atoms with Crippen LogP contribution in [0.4, 0.5) is 13.2 Å². The van der Waals surface area contributed by atoms with Gasteiger partial charge >= 0.3 is 6.18 Å². The van der Waals surface area contributed by atoms with Crippen LogP contribution in [0.2, 0.25) is 0 Å². The van der Waals surface area contributed by atoms with E-state index in [1.165, 1.54) is 0 Å². The standard InChI is InChI=1S/C12H19F3N4S/c1-8(2)4-5-17-11(16-3)18-6-10-19-9(7-20-10)12(13,14)15/h7-8H,4-6H2,1-3H3,(H2,16,17,18). The van der Waals surface area contributed by atoms with Crippen molar-refractivity contribution in [3.63, 3.8) is 0 Å². The first kappa shape index (κ1) is 16.7. The molecular weight excluding hydrogens is 289 g/mol. The third kappa shape index (κ3) is 5.77. The second-order valence-electron chi connectivity index (χ2n) is 4.66. The maximum Gasteiger partial charge on any atom is 0.434 e. The van der Waals surface area contributed by atoms with Gasteiger partial charge in [0.15, 0.2) is 11.7 Å². The number of hydrogen-bond acceptors (Lipinski definition) is 3. The lowest BCUT2D eigenvalue weighted by atomic mass is 10.1. The van der Waals surface area contributed by atoms with E-state index in [-0.39, 0.29) is 6.54 Å². The fourth-order valence-corrected chi connectivity index (χ4v) is 2.12. The SMILES string of the molecule is CN=C(NCCC(C)C)NCc1nc(C(F)(F)F)cs1. The zero-order valence-electron chi connectivity index (χ0n) is 11.7. The fourth-order valence-electron chi connectivity index (χ4n) is 1.38. The van der Waals surface area contributed by atoms with Crippen LogP contribution in [0.25, 0.3) is 0 Å². The molecule has 0 saturated carbocycles. The Morgan fingerprint density at radius 1 is 1.40 bits per heavy atom. The van der Waals surface area contributed by atoms with Gasteiger partial charge in [-0.05, 0) is 12.3 Å². The van der Waals surface area contributed by atoms with Gasteiger partial charge in [0.05, 0.1) is 6.54 Å². The van der Waals surface area contributed by atoms with E-state index in [0.717, 1.165) is 29.7 Å². The van der Waals surface area contributed by atoms with Gasteiger partial charge in [0.2, 0.25) is 0 Å². The number of aliphatic imine (C=N–C) groups is 1. The number of hydrogen-bond donors (Lipinski definition) is 2. The van der Waals surface area contributed by atoms with Crippen LogP contribution in [0.1, 0.15) is 31.0 Å². The summed E-state index contributed by atoms with van der Waals surface area (Å²) in [5.41, 5.74) is -0.845. The van der Waals surface area contributed by atoms with E-state index < -0.39 is 11.9 Å². The molecule has 0 radical (unpaired) electrons. The van der Waals surface area contributed by atoms with Gasteiger partial charge in [0.1, 0.15) is 5.01 Å². The molecule has 8 heteroatoms. The summed E-state index contributed by atoms with van der Waals surface area (Å²) in [6.45, 7) is 5.23. The number of halogens is 3. The summed E-state index contributed by atoms with van der Waals surface area (Å²) in [5.74, 6) is 1.14. The van der Waals surface area contributed by atoms with Crippen molar-refractivity contribution in [2.75, 3.05) is 13.6 Å². The Kier molecular flexibility index (Phi) is 6.25. The molecule has 1 aromatic heterocycles. The molecule has 0 saturated heterocycles. The molecule has 0 amide bonds. The highest BCUT2D eigenvalue weighted by atomic mass is 32.1. The summed E-state index contributed by atoms with van der Waals surface area (Å²) in [4.78, 5) is 7.55. The molecule has 0 aliphatic carbocycles. The number of thiazole rings is 1. The van der Waals surface area contributed by atoms with Crippen LogP contribution in [0.15, 0.2) is 10.4 Å². The average Bonchev–Trinajstić information content (AvgIpc) is 2.81. The van der Waals surface area contributed by atoms with Crippen molar-refractivity contribution in [3.8, 4) is 0 Å². The molecule has 1 heterocycles. The lowest BCUT2D eigenvalue weighted by molar-refractivity contribution is -0.140. The van der Waals surface area contributed by atoms with Crippen molar-refractivity contribution in [1.82, 2.24) is 15.6 Å². The molecule has 0 atom stereocenters. The highest BCUT2D eigenvalue weighted by Gasteiger charge is 2.33. The van der Waals surface area contributed by atoms with Gasteiger partial charge in [-0.2, -0.15) is 13.2 Å². The minimum atomic E-state index is -4.38. The minimum Gasteiger partial charge on any atom is -0.356 e. The van der Waals surface area contributed by atoms with Gasteiger partial charge < -0.3 is 10.6 Å². The lowest BCUT2D eigenvalue weighted by Gasteiger charge is -2.11. The molecule has 114 valence electrons. The van der Waals surface area contributed by atoms with E-state index in [2.05, 4.69) is 34.5 Å². The predicted molar refractivity (Wildman–Crippen MR) is 74.8 cm³/mol. The van der Waals surface area contributed by atoms with E-state index in [0.29, 0.717) is 16.9 Å². The smallest absolute Gasteiger partial charge is 0.356 e. The average molecular weight is 308 g/mol. The van der Waals surface area contributed by atoms with Crippen molar-refractivity contribution in [2.45, 2.75) is 33.0 Å². The van der Waals surface area contributed by atoms with E-state index in [4.69, 9.17) is 0 Å². The van der Waals surface area contributed by atoms with Crippen molar-refractivity contribution in [2.24, 2.45) is 10.9 Å². The van der Waals surface area contributed by atoms with Crippen molar-refractivity contribution in [1.29, 1.82) is 0 Å². The first-order valence-corrected chi connectivity index (χ1v) is 7.17. The Labute approximate surface area is 120 Å². The van der Waals surface area contributed by atoms with E-state index in [1.54, 1.807) is 7.05 Å². The van der Waals surface area contributed by atoms with Crippen LogP contribution in [0, 0.1) is 5.92 Å². The molecule has 0 fully saturated rings. The van der Waals surface area contributed by atoms with Crippen LogP contribution >= 0.6 is 11.3 Å². The molecule has 0 spiro atoms. The molecule has 2 N–H and O–H groups in total. The number of alkyl halides is 3. The largest absolute Gasteiger partial charge is 0.434 e. The van der Waals surface area contributed by atoms with E-state index >= 15 is 0 Å². The normalized spacial score (nSPS) is 12.8. The molecule has 0 unspecified atom stereocenters. The predicted octanol–water partition coefficient (Wildman–Crippen LogP) is 2.87. The number of guanidine groups is 1. The monoisotopic (exact) mass is 308 g/mol. The second kappa shape index (κ2) is 7.47. The highest BCUT2D eigenvalue weighted by molar-refractivity contribution is 7.09. The van der Waals surface area contributed by atoms with Crippen LogP contribution in [0.3, 0.4) is 0 Å². The molecule has 1 aromatic rings. The topological polar surface area (TPSA) is 49.3 Å². The summed E-state index contributed by atoms with van der Waals surface area (Å²) < 4.78 is 37.2. The highest BCUT2D eigenvalue weighted by Crippen LogP contribution is 2.29. The summed E-state index contributed by atoms with van der Waals surface area (Å²) in [7, 11) is 1.62. The maximum atomic E-state index is 12.4. The van der Waals surface area contributed by atoms with Crippen LogP contribution in [-0.2, 0) is 12.7 Å². The van der Waals surface area contributed by atoms with Gasteiger partial charge in [-0.3, -0.25) is 4.99 Å². The van der Waals surface area contributed by atoms with Crippen molar-refractivity contribution in [3.05, 3.63) is 16.1 Å². The first-order chi connectivity index (χ1) is 9.32. The van der Waals surface area contributed by atoms with Crippen LogP contribution in [-0.4, -0.2) is 24.5 Å². The second-order valence-corrected chi connectivity index (χ2v) is 5.60. The maximum absolute atomic E-state index is 12.4. The third-order valence-electron chi connectivity index (χ3n) is 2.49. The van der Waals surface area contributed by atoms with Crippen molar-refractivity contribution < 1.29 is 13.2 Å². The first-order valence-electron chi connectivity index (χ1n) is 6.29. The summed E-state index contributed by atoms with van der Waals surface area (Å²) in [6.07, 6.45) is -3.39. The van der Waals surface area contributed by atoms with Crippen LogP contribution in [0.5, 0.6) is 0 Å². The van der Waals surface area contributed by atoms with E-state index in [9.17, 15) is 13.2 Å². The molecule has 1 rings (SSSR count). The minimum absolute atomic E-state index is 0.224. The summed E-state index contributed by atoms with van der Waals surface area (Å²) >= 11 is 0.981. The van der Waals surface area contributed by atoms with Gasteiger partial charge in [-0.1, -0.05) is 13.8 Å². The summed E-state index contributed by atoms with van der Waals surface area (Å²) in [5, 5.41) is 7.44. The molecule has 0 aromatic carbocycles. The van der Waals surface area contributed by atoms with Gasteiger partial charge in [-0.25, -0.2) is 4.98 Å². The Balaban J connectivity index is 2.43. The number of nitrogens with zero attached hydrogens (tertiary/aromatic N) is 2. The molecular formula is C12H19F3N4S. The number of nitrogens with one attached hydrogen (secondary N) is 2. The molecule has 0 bridgehead atoms. The van der Waals surface area contributed by atoms with Gasteiger partial charge in [0, 0.05) is 19.0 Å². The van der Waals surface area contributed by atoms with Gasteiger partial charge in [-0.15, -0.1) is 11.3 Å². The molecule has 0 aliphatic rings. The third-order valence-corrected chi connectivity index (χ3v) is 3.34. The van der Waals surface area contributed by atoms with Crippen LogP contribution < -0.4 is 10.6 Å². The molecule has 20 heavy (non-hydrogen) atoms. The lowest BCUT2D eigenvalue weighted by Crippen LogP contribution is -2.37.